The fraction of sp³-hybridized carbons (Fsp3) is 0.357. The number of carbonyl (C=O) groups is 3. The molecule has 0 aliphatic heterocycles. The number of rotatable bonds is 5. The Morgan fingerprint density at radius 1 is 1.30 bits per heavy atom. The molecule has 1 aromatic carbocycles. The standard InChI is InChI=1S/C14H19N3O3/c1-9(13(19)16-2)8-17(3)14(20)11-6-4-5-10(7-11)12(15)18/h4-7,9H,8H2,1-3H3,(H2,15,18)(H,16,19). The zero-order valence-corrected chi connectivity index (χ0v) is 11.8. The molecule has 0 fully saturated rings. The van der Waals surface area contributed by atoms with E-state index in [-0.39, 0.29) is 23.3 Å². The van der Waals surface area contributed by atoms with Crippen LogP contribution >= 0.6 is 0 Å². The molecule has 0 heterocycles. The van der Waals surface area contributed by atoms with Crippen molar-refractivity contribution in [3.8, 4) is 0 Å². The number of hydrogen-bond acceptors (Lipinski definition) is 3. The summed E-state index contributed by atoms with van der Waals surface area (Å²) < 4.78 is 0. The number of primary amides is 1. The molecular weight excluding hydrogens is 258 g/mol. The molecule has 0 spiro atoms. The summed E-state index contributed by atoms with van der Waals surface area (Å²) >= 11 is 0. The van der Waals surface area contributed by atoms with E-state index in [9.17, 15) is 14.4 Å². The Bertz CT molecular complexity index is 528. The molecule has 6 nitrogen and oxygen atoms in total. The van der Waals surface area contributed by atoms with E-state index in [0.29, 0.717) is 12.1 Å². The number of nitrogens with two attached hydrogens (primary N) is 1. The molecular formula is C14H19N3O3. The van der Waals surface area contributed by atoms with Gasteiger partial charge in [-0.05, 0) is 18.2 Å². The molecule has 108 valence electrons. The van der Waals surface area contributed by atoms with Crippen molar-refractivity contribution in [2.75, 3.05) is 20.6 Å². The van der Waals surface area contributed by atoms with Gasteiger partial charge in [-0.25, -0.2) is 0 Å². The zero-order chi connectivity index (χ0) is 15.3. The molecule has 0 aromatic heterocycles. The lowest BCUT2D eigenvalue weighted by Crippen LogP contribution is -2.37. The van der Waals surface area contributed by atoms with Crippen molar-refractivity contribution in [3.05, 3.63) is 35.4 Å². The molecule has 1 atom stereocenters. The molecule has 0 aliphatic carbocycles. The summed E-state index contributed by atoms with van der Waals surface area (Å²) in [6.45, 7) is 2.03. The van der Waals surface area contributed by atoms with Gasteiger partial charge in [-0.1, -0.05) is 13.0 Å². The molecule has 0 bridgehead atoms. The molecule has 0 aliphatic rings. The lowest BCUT2D eigenvalue weighted by atomic mass is 10.1. The Morgan fingerprint density at radius 2 is 1.90 bits per heavy atom. The summed E-state index contributed by atoms with van der Waals surface area (Å²) in [6.07, 6.45) is 0. The lowest BCUT2D eigenvalue weighted by Gasteiger charge is -2.21. The van der Waals surface area contributed by atoms with Crippen molar-refractivity contribution in [3.63, 3.8) is 0 Å². The Balaban J connectivity index is 2.81. The van der Waals surface area contributed by atoms with Crippen molar-refractivity contribution >= 4 is 17.7 Å². The maximum atomic E-state index is 12.2. The first-order chi connectivity index (χ1) is 9.36. The highest BCUT2D eigenvalue weighted by molar-refractivity contribution is 5.99. The summed E-state index contributed by atoms with van der Waals surface area (Å²) in [4.78, 5) is 36.2. The van der Waals surface area contributed by atoms with Gasteiger partial charge in [0, 0.05) is 31.8 Å². The number of hydrogen-bond donors (Lipinski definition) is 2. The van der Waals surface area contributed by atoms with E-state index in [2.05, 4.69) is 5.32 Å². The largest absolute Gasteiger partial charge is 0.366 e. The second-order valence-corrected chi connectivity index (χ2v) is 4.65. The van der Waals surface area contributed by atoms with Crippen LogP contribution in [0.5, 0.6) is 0 Å². The molecule has 6 heteroatoms. The smallest absolute Gasteiger partial charge is 0.253 e. The maximum Gasteiger partial charge on any atom is 0.253 e. The minimum absolute atomic E-state index is 0.129. The van der Waals surface area contributed by atoms with Gasteiger partial charge < -0.3 is 16.0 Å². The van der Waals surface area contributed by atoms with Crippen LogP contribution in [0.25, 0.3) is 0 Å². The second kappa shape index (κ2) is 6.70. The monoisotopic (exact) mass is 277 g/mol. The topological polar surface area (TPSA) is 92.5 Å². The van der Waals surface area contributed by atoms with Crippen LogP contribution in [0.1, 0.15) is 27.6 Å². The normalized spacial score (nSPS) is 11.6. The van der Waals surface area contributed by atoms with Gasteiger partial charge in [0.1, 0.15) is 0 Å². The van der Waals surface area contributed by atoms with Gasteiger partial charge in [0.15, 0.2) is 0 Å². The average molecular weight is 277 g/mol. The predicted octanol–water partition coefficient (Wildman–Crippen LogP) is 0.240. The second-order valence-electron chi connectivity index (χ2n) is 4.65. The Morgan fingerprint density at radius 3 is 2.45 bits per heavy atom. The minimum Gasteiger partial charge on any atom is -0.366 e. The van der Waals surface area contributed by atoms with Gasteiger partial charge in [0.25, 0.3) is 5.91 Å². The predicted molar refractivity (Wildman–Crippen MR) is 75.2 cm³/mol. The summed E-state index contributed by atoms with van der Waals surface area (Å²) in [7, 11) is 3.16. The van der Waals surface area contributed by atoms with Crippen molar-refractivity contribution in [1.82, 2.24) is 10.2 Å². The molecule has 20 heavy (non-hydrogen) atoms. The molecule has 3 amide bonds. The summed E-state index contributed by atoms with van der Waals surface area (Å²) in [5.41, 5.74) is 5.83. The van der Waals surface area contributed by atoms with Gasteiger partial charge in [0.2, 0.25) is 11.8 Å². The van der Waals surface area contributed by atoms with E-state index in [1.54, 1.807) is 39.2 Å². The Labute approximate surface area is 117 Å². The van der Waals surface area contributed by atoms with E-state index >= 15 is 0 Å². The highest BCUT2D eigenvalue weighted by atomic mass is 16.2. The molecule has 0 saturated heterocycles. The quantitative estimate of drug-likeness (QED) is 0.807. The molecule has 1 rings (SSSR count). The van der Waals surface area contributed by atoms with Crippen LogP contribution < -0.4 is 11.1 Å². The summed E-state index contributed by atoms with van der Waals surface area (Å²) in [5, 5.41) is 2.53. The van der Waals surface area contributed by atoms with Crippen LogP contribution in [-0.4, -0.2) is 43.3 Å². The number of nitrogens with one attached hydrogen (secondary N) is 1. The van der Waals surface area contributed by atoms with E-state index in [1.165, 1.54) is 11.0 Å². The van der Waals surface area contributed by atoms with Crippen LogP contribution in [-0.2, 0) is 4.79 Å². The Hall–Kier alpha value is -2.37. The third kappa shape index (κ3) is 3.81. The van der Waals surface area contributed by atoms with Gasteiger partial charge in [-0.3, -0.25) is 14.4 Å². The molecule has 0 radical (unpaired) electrons. The SMILES string of the molecule is CNC(=O)C(C)CN(C)C(=O)c1cccc(C(N)=O)c1. The zero-order valence-electron chi connectivity index (χ0n) is 11.8. The van der Waals surface area contributed by atoms with Crippen LogP contribution in [0, 0.1) is 5.92 Å². The number of amides is 3. The van der Waals surface area contributed by atoms with Crippen molar-refractivity contribution in [2.24, 2.45) is 11.7 Å². The Kier molecular flexibility index (Phi) is 5.25. The van der Waals surface area contributed by atoms with Gasteiger partial charge in [-0.15, -0.1) is 0 Å². The molecule has 3 N–H and O–H groups in total. The van der Waals surface area contributed by atoms with Crippen LogP contribution in [0.2, 0.25) is 0 Å². The fourth-order valence-electron chi connectivity index (χ4n) is 1.85. The van der Waals surface area contributed by atoms with E-state index in [4.69, 9.17) is 5.73 Å². The fourth-order valence-corrected chi connectivity index (χ4v) is 1.85. The minimum atomic E-state index is -0.582. The van der Waals surface area contributed by atoms with Gasteiger partial charge >= 0.3 is 0 Å². The van der Waals surface area contributed by atoms with Crippen molar-refractivity contribution in [1.29, 1.82) is 0 Å². The number of nitrogens with zero attached hydrogens (tertiary/aromatic N) is 1. The average Bonchev–Trinajstić information content (AvgIpc) is 2.45. The first kappa shape index (κ1) is 15.7. The third-order valence-electron chi connectivity index (χ3n) is 2.98. The van der Waals surface area contributed by atoms with E-state index < -0.39 is 5.91 Å². The maximum absolute atomic E-state index is 12.2. The lowest BCUT2D eigenvalue weighted by molar-refractivity contribution is -0.124. The first-order valence-corrected chi connectivity index (χ1v) is 6.23. The first-order valence-electron chi connectivity index (χ1n) is 6.23. The van der Waals surface area contributed by atoms with Crippen molar-refractivity contribution < 1.29 is 14.4 Å². The van der Waals surface area contributed by atoms with Gasteiger partial charge in [-0.2, -0.15) is 0 Å². The van der Waals surface area contributed by atoms with Crippen LogP contribution in [0.4, 0.5) is 0 Å². The number of benzene rings is 1. The van der Waals surface area contributed by atoms with Gasteiger partial charge in [0.05, 0.1) is 5.92 Å². The molecule has 1 unspecified atom stereocenters. The third-order valence-corrected chi connectivity index (χ3v) is 2.98. The summed E-state index contributed by atoms with van der Waals surface area (Å²) in [6, 6.07) is 6.21. The van der Waals surface area contributed by atoms with Crippen LogP contribution in [0.3, 0.4) is 0 Å². The highest BCUT2D eigenvalue weighted by Gasteiger charge is 2.18. The van der Waals surface area contributed by atoms with Crippen molar-refractivity contribution in [2.45, 2.75) is 6.92 Å². The summed E-state index contributed by atoms with van der Waals surface area (Å²) in [5.74, 6) is -1.28. The molecule has 0 saturated carbocycles. The number of carbonyl (C=O) groups excluding carboxylic acids is 3. The highest BCUT2D eigenvalue weighted by Crippen LogP contribution is 2.09. The van der Waals surface area contributed by atoms with Crippen LogP contribution in [0.15, 0.2) is 24.3 Å². The molecule has 1 aromatic rings. The van der Waals surface area contributed by atoms with E-state index in [1.807, 2.05) is 0 Å². The van der Waals surface area contributed by atoms with E-state index in [0.717, 1.165) is 0 Å².